The van der Waals surface area contributed by atoms with Gasteiger partial charge < -0.3 is 14.6 Å². The van der Waals surface area contributed by atoms with Crippen molar-refractivity contribution >= 4 is 28.1 Å². The van der Waals surface area contributed by atoms with Crippen molar-refractivity contribution in [2.45, 2.75) is 6.42 Å². The lowest BCUT2D eigenvalue weighted by molar-refractivity contribution is -0.120. The van der Waals surface area contributed by atoms with Gasteiger partial charge in [0, 0.05) is 10.0 Å². The maximum absolute atomic E-state index is 11.9. The Bertz CT molecular complexity index is 762. The van der Waals surface area contributed by atoms with E-state index in [0.29, 0.717) is 17.1 Å². The normalized spacial score (nSPS) is 10.6. The Labute approximate surface area is 148 Å². The van der Waals surface area contributed by atoms with Crippen LogP contribution in [0.5, 0.6) is 17.2 Å². The van der Waals surface area contributed by atoms with Crippen molar-refractivity contribution in [3.8, 4) is 17.2 Å². The van der Waals surface area contributed by atoms with Gasteiger partial charge in [0.05, 0.1) is 26.9 Å². The van der Waals surface area contributed by atoms with Gasteiger partial charge in [-0.05, 0) is 45.8 Å². The molecule has 0 aromatic heterocycles. The molecule has 6 nitrogen and oxygen atoms in total. The number of hydrogen-bond donors (Lipinski definition) is 2. The topological polar surface area (TPSA) is 80.2 Å². The summed E-state index contributed by atoms with van der Waals surface area (Å²) in [6.45, 7) is 0. The Morgan fingerprint density at radius 3 is 2.62 bits per heavy atom. The van der Waals surface area contributed by atoms with Crippen molar-refractivity contribution in [3.63, 3.8) is 0 Å². The highest BCUT2D eigenvalue weighted by molar-refractivity contribution is 9.10. The third kappa shape index (κ3) is 4.73. The molecule has 0 saturated heterocycles. The number of aromatic hydroxyl groups is 1. The molecule has 2 N–H and O–H groups in total. The van der Waals surface area contributed by atoms with Gasteiger partial charge in [-0.25, -0.2) is 5.43 Å². The molecule has 0 aliphatic carbocycles. The van der Waals surface area contributed by atoms with Crippen molar-refractivity contribution < 1.29 is 19.4 Å². The fourth-order valence-electron chi connectivity index (χ4n) is 2.03. The van der Waals surface area contributed by atoms with E-state index < -0.39 is 0 Å². The van der Waals surface area contributed by atoms with Crippen molar-refractivity contribution in [1.82, 2.24) is 5.43 Å². The van der Waals surface area contributed by atoms with Crippen molar-refractivity contribution in [1.29, 1.82) is 0 Å². The highest BCUT2D eigenvalue weighted by atomic mass is 79.9. The molecule has 0 saturated carbocycles. The van der Waals surface area contributed by atoms with E-state index in [1.54, 1.807) is 44.6 Å². The van der Waals surface area contributed by atoms with Crippen LogP contribution in [0.25, 0.3) is 0 Å². The Balaban J connectivity index is 2.02. The van der Waals surface area contributed by atoms with Crippen LogP contribution < -0.4 is 14.9 Å². The molecule has 24 heavy (non-hydrogen) atoms. The lowest BCUT2D eigenvalue weighted by Crippen LogP contribution is -2.19. The van der Waals surface area contributed by atoms with Gasteiger partial charge in [0.25, 0.3) is 0 Å². The van der Waals surface area contributed by atoms with Crippen LogP contribution in [-0.4, -0.2) is 31.4 Å². The van der Waals surface area contributed by atoms with E-state index in [2.05, 4.69) is 26.5 Å². The molecule has 0 spiro atoms. The van der Waals surface area contributed by atoms with E-state index >= 15 is 0 Å². The van der Waals surface area contributed by atoms with Crippen LogP contribution in [0.4, 0.5) is 0 Å². The Morgan fingerprint density at radius 1 is 1.25 bits per heavy atom. The zero-order valence-corrected chi connectivity index (χ0v) is 14.8. The highest BCUT2D eigenvalue weighted by Gasteiger charge is 2.08. The van der Waals surface area contributed by atoms with Gasteiger partial charge >= 0.3 is 0 Å². The summed E-state index contributed by atoms with van der Waals surface area (Å²) in [4.78, 5) is 11.9. The van der Waals surface area contributed by atoms with Gasteiger partial charge in [-0.2, -0.15) is 5.10 Å². The number of ether oxygens (including phenoxy) is 2. The number of phenolic OH excluding ortho intramolecular Hbond substituents is 1. The van der Waals surface area contributed by atoms with Gasteiger partial charge in [0.15, 0.2) is 11.5 Å². The number of nitrogens with one attached hydrogen (secondary N) is 1. The SMILES string of the molecule is COc1cc(Br)c(/C=N/NC(=O)Cc2cccc(O)c2)cc1OC. The van der Waals surface area contributed by atoms with Gasteiger partial charge in [0.1, 0.15) is 5.75 Å². The molecule has 2 aromatic rings. The number of nitrogens with zero attached hydrogens (tertiary/aromatic N) is 1. The minimum absolute atomic E-state index is 0.123. The van der Waals surface area contributed by atoms with Crippen LogP contribution in [0.2, 0.25) is 0 Å². The fraction of sp³-hybridized carbons (Fsp3) is 0.176. The number of rotatable bonds is 6. The minimum Gasteiger partial charge on any atom is -0.508 e. The second-order valence-corrected chi connectivity index (χ2v) is 5.72. The number of carbonyl (C=O) groups excluding carboxylic acids is 1. The number of phenols is 1. The van der Waals surface area contributed by atoms with Crippen LogP contribution in [0.1, 0.15) is 11.1 Å². The monoisotopic (exact) mass is 392 g/mol. The first-order chi connectivity index (χ1) is 11.5. The zero-order chi connectivity index (χ0) is 17.5. The first kappa shape index (κ1) is 17.8. The average Bonchev–Trinajstić information content (AvgIpc) is 2.55. The smallest absolute Gasteiger partial charge is 0.244 e. The molecule has 0 aliphatic heterocycles. The number of hydrogen-bond acceptors (Lipinski definition) is 5. The molecule has 7 heteroatoms. The summed E-state index contributed by atoms with van der Waals surface area (Å²) in [5, 5.41) is 13.3. The van der Waals surface area contributed by atoms with Crippen LogP contribution in [0.15, 0.2) is 46.0 Å². The van der Waals surface area contributed by atoms with Gasteiger partial charge in [-0.3, -0.25) is 4.79 Å². The summed E-state index contributed by atoms with van der Waals surface area (Å²) in [7, 11) is 3.10. The number of halogens is 1. The van der Waals surface area contributed by atoms with E-state index in [1.807, 2.05) is 0 Å². The largest absolute Gasteiger partial charge is 0.508 e. The summed E-state index contributed by atoms with van der Waals surface area (Å²) < 4.78 is 11.2. The van der Waals surface area contributed by atoms with Crippen LogP contribution in [0, 0.1) is 0 Å². The first-order valence-electron chi connectivity index (χ1n) is 7.05. The molecule has 2 rings (SSSR count). The van der Waals surface area contributed by atoms with E-state index in [4.69, 9.17) is 9.47 Å². The lowest BCUT2D eigenvalue weighted by Gasteiger charge is -2.09. The van der Waals surface area contributed by atoms with Gasteiger partial charge in [-0.15, -0.1) is 0 Å². The van der Waals surface area contributed by atoms with E-state index in [9.17, 15) is 9.90 Å². The molecule has 0 aliphatic rings. The molecule has 0 fully saturated rings. The summed E-state index contributed by atoms with van der Waals surface area (Å²) in [6, 6.07) is 10.0. The number of carbonyl (C=O) groups is 1. The predicted molar refractivity (Wildman–Crippen MR) is 94.8 cm³/mol. The second-order valence-electron chi connectivity index (χ2n) is 4.87. The minimum atomic E-state index is -0.284. The molecule has 0 unspecified atom stereocenters. The van der Waals surface area contributed by atoms with E-state index in [0.717, 1.165) is 10.0 Å². The summed E-state index contributed by atoms with van der Waals surface area (Å²) in [5.41, 5.74) is 3.88. The molecule has 2 aromatic carbocycles. The lowest BCUT2D eigenvalue weighted by atomic mass is 10.1. The average molecular weight is 393 g/mol. The number of methoxy groups -OCH3 is 2. The molecule has 0 bridgehead atoms. The maximum atomic E-state index is 11.9. The van der Waals surface area contributed by atoms with Gasteiger partial charge in [0.2, 0.25) is 5.91 Å². The highest BCUT2D eigenvalue weighted by Crippen LogP contribution is 2.32. The molecule has 0 heterocycles. The van der Waals surface area contributed by atoms with Crippen LogP contribution in [-0.2, 0) is 11.2 Å². The fourth-order valence-corrected chi connectivity index (χ4v) is 2.46. The van der Waals surface area contributed by atoms with E-state index in [1.165, 1.54) is 12.3 Å². The van der Waals surface area contributed by atoms with Crippen molar-refractivity contribution in [3.05, 3.63) is 52.0 Å². The summed E-state index contributed by atoms with van der Waals surface area (Å²) in [5.74, 6) is 0.995. The van der Waals surface area contributed by atoms with Crippen LogP contribution >= 0.6 is 15.9 Å². The van der Waals surface area contributed by atoms with Crippen LogP contribution in [0.3, 0.4) is 0 Å². The number of amides is 1. The summed E-state index contributed by atoms with van der Waals surface area (Å²) in [6.07, 6.45) is 1.63. The molecule has 1 amide bonds. The zero-order valence-electron chi connectivity index (χ0n) is 13.2. The third-order valence-corrected chi connectivity index (χ3v) is 3.86. The van der Waals surface area contributed by atoms with Crippen molar-refractivity contribution in [2.24, 2.45) is 5.10 Å². The first-order valence-corrected chi connectivity index (χ1v) is 7.84. The molecular weight excluding hydrogens is 376 g/mol. The van der Waals surface area contributed by atoms with Gasteiger partial charge in [-0.1, -0.05) is 12.1 Å². The van der Waals surface area contributed by atoms with E-state index in [-0.39, 0.29) is 18.1 Å². The Morgan fingerprint density at radius 2 is 1.96 bits per heavy atom. The number of benzene rings is 2. The second kappa shape index (κ2) is 8.35. The Kier molecular flexibility index (Phi) is 6.20. The maximum Gasteiger partial charge on any atom is 0.244 e. The molecular formula is C17H17BrN2O4. The standard InChI is InChI=1S/C17H17BrN2O4/c1-23-15-8-12(14(18)9-16(15)24-2)10-19-20-17(22)7-11-4-3-5-13(21)6-11/h3-6,8-10,21H,7H2,1-2H3,(H,20,22)/b19-10+. The molecule has 126 valence electrons. The predicted octanol–water partition coefficient (Wildman–Crippen LogP) is 2.86. The third-order valence-electron chi connectivity index (χ3n) is 3.17. The quantitative estimate of drug-likeness (QED) is 0.584. The summed E-state index contributed by atoms with van der Waals surface area (Å²) >= 11 is 3.41. The molecule has 0 radical (unpaired) electrons. The number of hydrazone groups is 1. The molecule has 0 atom stereocenters. The van der Waals surface area contributed by atoms with Crippen molar-refractivity contribution in [2.75, 3.05) is 14.2 Å². The Hall–Kier alpha value is -2.54.